The first-order valence-corrected chi connectivity index (χ1v) is 8.59. The fraction of sp³-hybridized carbons (Fsp3) is 0.200. The first-order chi connectivity index (χ1) is 12.6. The van der Waals surface area contributed by atoms with Crippen molar-refractivity contribution in [1.29, 1.82) is 0 Å². The normalized spacial score (nSPS) is 10.6. The molecule has 0 aliphatic heterocycles. The summed E-state index contributed by atoms with van der Waals surface area (Å²) in [6.07, 6.45) is 1.50. The van der Waals surface area contributed by atoms with Crippen LogP contribution in [0, 0.1) is 6.92 Å². The van der Waals surface area contributed by atoms with Crippen molar-refractivity contribution in [3.8, 4) is 5.75 Å². The number of esters is 1. The number of carbonyl (C=O) groups is 1. The summed E-state index contributed by atoms with van der Waals surface area (Å²) in [5.41, 5.74) is 3.26. The quantitative estimate of drug-likeness (QED) is 0.631. The van der Waals surface area contributed by atoms with E-state index < -0.39 is 5.97 Å². The number of nitrogens with zero attached hydrogens (tertiary/aromatic N) is 1. The van der Waals surface area contributed by atoms with Crippen LogP contribution in [-0.4, -0.2) is 24.7 Å². The average Bonchev–Trinajstić information content (AvgIpc) is 2.64. The molecule has 0 radical (unpaired) electrons. The van der Waals surface area contributed by atoms with Crippen molar-refractivity contribution in [2.24, 2.45) is 0 Å². The van der Waals surface area contributed by atoms with Crippen LogP contribution in [-0.2, 0) is 4.74 Å². The van der Waals surface area contributed by atoms with Crippen LogP contribution in [0.3, 0.4) is 0 Å². The summed E-state index contributed by atoms with van der Waals surface area (Å²) in [6.45, 7) is 3.99. The van der Waals surface area contributed by atoms with Crippen LogP contribution >= 0.6 is 11.6 Å². The van der Waals surface area contributed by atoms with Gasteiger partial charge in [0.05, 0.1) is 30.1 Å². The van der Waals surface area contributed by atoms with Gasteiger partial charge in [0.15, 0.2) is 0 Å². The summed E-state index contributed by atoms with van der Waals surface area (Å²) < 4.78 is 10.6. The molecule has 0 saturated carbocycles. The predicted molar refractivity (Wildman–Crippen MR) is 104 cm³/mol. The molecule has 0 spiro atoms. The zero-order chi connectivity index (χ0) is 18.7. The Balaban J connectivity index is 2.25. The third-order valence-corrected chi connectivity index (χ3v) is 4.36. The van der Waals surface area contributed by atoms with Crippen molar-refractivity contribution in [3.05, 3.63) is 58.7 Å². The van der Waals surface area contributed by atoms with Gasteiger partial charge in [0.1, 0.15) is 16.8 Å². The van der Waals surface area contributed by atoms with Crippen LogP contribution in [0.25, 0.3) is 10.9 Å². The Labute approximate surface area is 156 Å². The van der Waals surface area contributed by atoms with E-state index in [0.717, 1.165) is 16.6 Å². The van der Waals surface area contributed by atoms with Crippen LogP contribution in [0.5, 0.6) is 5.75 Å². The van der Waals surface area contributed by atoms with Crippen LogP contribution in [0.15, 0.2) is 42.6 Å². The zero-order valence-corrected chi connectivity index (χ0v) is 15.6. The number of aromatic nitrogens is 1. The number of hydrogen-bond acceptors (Lipinski definition) is 5. The third kappa shape index (κ3) is 3.30. The van der Waals surface area contributed by atoms with Crippen LogP contribution < -0.4 is 10.1 Å². The smallest absolute Gasteiger partial charge is 0.341 e. The number of para-hydroxylation sites is 2. The molecular formula is C20H19ClN2O3. The fourth-order valence-electron chi connectivity index (χ4n) is 2.77. The molecule has 1 N–H and O–H groups in total. The highest BCUT2D eigenvalue weighted by Gasteiger charge is 2.19. The zero-order valence-electron chi connectivity index (χ0n) is 14.8. The van der Waals surface area contributed by atoms with Crippen molar-refractivity contribution in [2.75, 3.05) is 19.0 Å². The minimum absolute atomic E-state index is 0.277. The summed E-state index contributed by atoms with van der Waals surface area (Å²) in [6, 6.07) is 11.2. The molecule has 1 heterocycles. The van der Waals surface area contributed by atoms with E-state index in [1.165, 1.54) is 6.20 Å². The lowest BCUT2D eigenvalue weighted by Crippen LogP contribution is -2.10. The van der Waals surface area contributed by atoms with Crippen LogP contribution in [0.1, 0.15) is 22.8 Å². The third-order valence-electron chi connectivity index (χ3n) is 4.05. The van der Waals surface area contributed by atoms with Crippen LogP contribution in [0.2, 0.25) is 5.02 Å². The molecule has 0 unspecified atom stereocenters. The molecule has 1 aromatic heterocycles. The maximum Gasteiger partial charge on any atom is 0.341 e. The highest BCUT2D eigenvalue weighted by molar-refractivity contribution is 6.33. The molecule has 6 heteroatoms. The molecule has 0 amide bonds. The lowest BCUT2D eigenvalue weighted by Gasteiger charge is -2.17. The molecule has 5 nitrogen and oxygen atoms in total. The van der Waals surface area contributed by atoms with Crippen LogP contribution in [0.4, 0.5) is 11.4 Å². The molecule has 0 aliphatic rings. The number of nitrogens with one attached hydrogen (secondary N) is 1. The number of aryl methyl sites for hydroxylation is 1. The number of hydrogen-bond donors (Lipinski definition) is 1. The number of halogens is 1. The topological polar surface area (TPSA) is 60.5 Å². The van der Waals surface area contributed by atoms with Crippen molar-refractivity contribution in [1.82, 2.24) is 4.98 Å². The first-order valence-electron chi connectivity index (χ1n) is 8.21. The van der Waals surface area contributed by atoms with Gasteiger partial charge in [0.2, 0.25) is 0 Å². The summed E-state index contributed by atoms with van der Waals surface area (Å²) in [5, 5.41) is 4.62. The monoisotopic (exact) mass is 370 g/mol. The summed E-state index contributed by atoms with van der Waals surface area (Å²) in [7, 11) is 1.58. The van der Waals surface area contributed by atoms with Crippen molar-refractivity contribution in [2.45, 2.75) is 13.8 Å². The predicted octanol–water partition coefficient (Wildman–Crippen LogP) is 5.13. The van der Waals surface area contributed by atoms with Gasteiger partial charge in [-0.15, -0.1) is 0 Å². The largest absolute Gasteiger partial charge is 0.494 e. The van der Waals surface area contributed by atoms with Gasteiger partial charge >= 0.3 is 5.97 Å². The van der Waals surface area contributed by atoms with E-state index in [0.29, 0.717) is 27.5 Å². The number of fused-ring (bicyclic) bond motifs is 1. The Morgan fingerprint density at radius 2 is 1.96 bits per heavy atom. The minimum Gasteiger partial charge on any atom is -0.494 e. The number of pyridine rings is 1. The Kier molecular flexibility index (Phi) is 5.28. The van der Waals surface area contributed by atoms with Crippen molar-refractivity contribution in [3.63, 3.8) is 0 Å². The van der Waals surface area contributed by atoms with E-state index >= 15 is 0 Å². The molecule has 3 aromatic rings. The Hall–Kier alpha value is -2.79. The van der Waals surface area contributed by atoms with E-state index in [-0.39, 0.29) is 6.61 Å². The van der Waals surface area contributed by atoms with E-state index in [9.17, 15) is 4.79 Å². The summed E-state index contributed by atoms with van der Waals surface area (Å²) in [4.78, 5) is 16.9. The second kappa shape index (κ2) is 7.62. The van der Waals surface area contributed by atoms with Crippen molar-refractivity contribution >= 4 is 39.8 Å². The number of methoxy groups -OCH3 is 1. The molecule has 26 heavy (non-hydrogen) atoms. The van der Waals surface area contributed by atoms with E-state index in [2.05, 4.69) is 10.3 Å². The standard InChI is InChI=1S/C20H19ClN2O3/c1-4-26-20(24)14-11-22-19-13(8-6-10-16(19)25-3)18(14)23-17-12(2)7-5-9-15(17)21/h5-11H,4H2,1-3H3,(H,22,23). The molecule has 3 rings (SSSR count). The number of anilines is 2. The molecular weight excluding hydrogens is 352 g/mol. The minimum atomic E-state index is -0.447. The second-order valence-electron chi connectivity index (χ2n) is 5.68. The number of carbonyl (C=O) groups excluding carboxylic acids is 1. The van der Waals surface area contributed by atoms with Gasteiger partial charge in [-0.2, -0.15) is 0 Å². The molecule has 0 fully saturated rings. The summed E-state index contributed by atoms with van der Waals surface area (Å²) >= 11 is 6.36. The van der Waals surface area contributed by atoms with Gasteiger partial charge in [-0.1, -0.05) is 35.9 Å². The molecule has 0 saturated heterocycles. The summed E-state index contributed by atoms with van der Waals surface area (Å²) in [5.74, 6) is 0.175. The van der Waals surface area contributed by atoms with E-state index in [1.807, 2.05) is 37.3 Å². The maximum atomic E-state index is 12.5. The number of rotatable bonds is 5. The number of benzene rings is 2. The first kappa shape index (κ1) is 18.0. The van der Waals surface area contributed by atoms with Gasteiger partial charge in [-0.3, -0.25) is 4.98 Å². The van der Waals surface area contributed by atoms with Gasteiger partial charge in [-0.05, 0) is 31.5 Å². The van der Waals surface area contributed by atoms with E-state index in [4.69, 9.17) is 21.1 Å². The number of ether oxygens (including phenoxy) is 2. The lowest BCUT2D eigenvalue weighted by molar-refractivity contribution is 0.0527. The Morgan fingerprint density at radius 3 is 2.65 bits per heavy atom. The second-order valence-corrected chi connectivity index (χ2v) is 6.09. The average molecular weight is 371 g/mol. The Bertz CT molecular complexity index is 952. The lowest BCUT2D eigenvalue weighted by atomic mass is 10.1. The molecule has 2 aromatic carbocycles. The molecule has 134 valence electrons. The SMILES string of the molecule is CCOC(=O)c1cnc2c(OC)cccc2c1Nc1c(C)cccc1Cl. The highest BCUT2D eigenvalue weighted by atomic mass is 35.5. The van der Waals surface area contributed by atoms with Gasteiger partial charge in [0, 0.05) is 11.6 Å². The van der Waals surface area contributed by atoms with Gasteiger partial charge in [0.25, 0.3) is 0 Å². The van der Waals surface area contributed by atoms with Gasteiger partial charge < -0.3 is 14.8 Å². The van der Waals surface area contributed by atoms with Gasteiger partial charge in [-0.25, -0.2) is 4.79 Å². The fourth-order valence-corrected chi connectivity index (χ4v) is 3.04. The molecule has 0 aliphatic carbocycles. The molecule has 0 bridgehead atoms. The Morgan fingerprint density at radius 1 is 1.19 bits per heavy atom. The molecule has 0 atom stereocenters. The highest BCUT2D eigenvalue weighted by Crippen LogP contribution is 2.36. The maximum absolute atomic E-state index is 12.5. The van der Waals surface area contributed by atoms with Crippen molar-refractivity contribution < 1.29 is 14.3 Å². The van der Waals surface area contributed by atoms with E-state index in [1.54, 1.807) is 20.1 Å².